The van der Waals surface area contributed by atoms with E-state index in [2.05, 4.69) is 0 Å². The van der Waals surface area contributed by atoms with E-state index >= 15 is 0 Å². The highest BCUT2D eigenvalue weighted by Gasteiger charge is 2.45. The second kappa shape index (κ2) is 4.52. The highest BCUT2D eigenvalue weighted by atomic mass is 19.1. The lowest BCUT2D eigenvalue weighted by Gasteiger charge is -2.17. The van der Waals surface area contributed by atoms with Crippen LogP contribution in [0.15, 0.2) is 15.7 Å². The molecule has 0 radical (unpaired) electrons. The predicted molar refractivity (Wildman–Crippen MR) is 57.6 cm³/mol. The van der Waals surface area contributed by atoms with Crippen LogP contribution in [-0.2, 0) is 4.74 Å². The predicted octanol–water partition coefficient (Wildman–Crippen LogP) is -2.29. The van der Waals surface area contributed by atoms with Gasteiger partial charge < -0.3 is 20.7 Å². The minimum atomic E-state index is -1.94. The second-order valence-electron chi connectivity index (χ2n) is 3.92. The molecule has 0 aromatic carbocycles. The molecule has 0 saturated carbocycles. The molecule has 1 aliphatic rings. The average Bonchev–Trinajstić information content (AvgIpc) is 2.56. The number of aromatic amines is 1. The van der Waals surface area contributed by atoms with Gasteiger partial charge in [0.2, 0.25) is 0 Å². The lowest BCUT2D eigenvalue weighted by molar-refractivity contribution is -0.0482. The van der Waals surface area contributed by atoms with Gasteiger partial charge in [0.05, 0.1) is 6.61 Å². The fourth-order valence-corrected chi connectivity index (χ4v) is 1.85. The third-order valence-corrected chi connectivity index (χ3v) is 2.73. The fourth-order valence-electron chi connectivity index (χ4n) is 1.85. The Balaban J connectivity index is 2.45. The molecule has 0 spiro atoms. The van der Waals surface area contributed by atoms with Gasteiger partial charge in [-0.3, -0.25) is 9.78 Å². The highest BCUT2D eigenvalue weighted by molar-refractivity contribution is 5.27. The maximum absolute atomic E-state index is 13.8. The summed E-state index contributed by atoms with van der Waals surface area (Å²) >= 11 is 0. The normalized spacial score (nSPS) is 31.7. The van der Waals surface area contributed by atoms with Gasteiger partial charge >= 0.3 is 5.69 Å². The number of nitrogen functional groups attached to an aromatic ring is 1. The molecule has 1 saturated heterocycles. The van der Waals surface area contributed by atoms with Crippen LogP contribution in [0, 0.1) is 0 Å². The van der Waals surface area contributed by atoms with E-state index in [0.29, 0.717) is 4.57 Å². The maximum atomic E-state index is 13.8. The summed E-state index contributed by atoms with van der Waals surface area (Å²) in [5.74, 6) is -0.290. The van der Waals surface area contributed by atoms with Crippen LogP contribution in [-0.4, -0.2) is 44.8 Å². The molecule has 8 nitrogen and oxygen atoms in total. The first-order chi connectivity index (χ1) is 8.45. The van der Waals surface area contributed by atoms with Crippen LogP contribution >= 0.6 is 0 Å². The standard InChI is InChI=1S/C9H12FN3O5/c10-6-7(16)3(2-14)18-8(6)13-4(11)1-5(15)12-9(13)17/h1,3,6-8,14,16H,2,11H2,(H,12,15,17)/t3-,6-,7-,8-/m1/s1. The number of aliphatic hydroxyl groups is 2. The fraction of sp³-hybridized carbons (Fsp3) is 0.556. The number of hydrogen-bond acceptors (Lipinski definition) is 6. The van der Waals surface area contributed by atoms with Crippen molar-refractivity contribution in [3.8, 4) is 0 Å². The van der Waals surface area contributed by atoms with Gasteiger partial charge in [-0.05, 0) is 0 Å². The van der Waals surface area contributed by atoms with Crippen molar-refractivity contribution in [2.75, 3.05) is 12.3 Å². The first kappa shape index (κ1) is 12.7. The van der Waals surface area contributed by atoms with Crippen molar-refractivity contribution >= 4 is 5.82 Å². The molecule has 1 aliphatic heterocycles. The molecule has 0 aliphatic carbocycles. The van der Waals surface area contributed by atoms with Crippen molar-refractivity contribution < 1.29 is 19.3 Å². The Morgan fingerprint density at radius 3 is 2.72 bits per heavy atom. The molecule has 1 aromatic rings. The minimum Gasteiger partial charge on any atom is -0.394 e. The molecule has 18 heavy (non-hydrogen) atoms. The third kappa shape index (κ3) is 1.92. The first-order valence-electron chi connectivity index (χ1n) is 5.15. The van der Waals surface area contributed by atoms with Crippen LogP contribution in [0.5, 0.6) is 0 Å². The molecule has 5 N–H and O–H groups in total. The Hall–Kier alpha value is -1.71. The van der Waals surface area contributed by atoms with Crippen LogP contribution in [0.25, 0.3) is 0 Å². The van der Waals surface area contributed by atoms with E-state index in [1.165, 1.54) is 0 Å². The molecular weight excluding hydrogens is 249 g/mol. The van der Waals surface area contributed by atoms with E-state index in [0.717, 1.165) is 6.07 Å². The van der Waals surface area contributed by atoms with Gasteiger partial charge in [-0.1, -0.05) is 0 Å². The Labute approximate surface area is 99.4 Å². The van der Waals surface area contributed by atoms with E-state index in [1.807, 2.05) is 4.98 Å². The van der Waals surface area contributed by atoms with Gasteiger partial charge in [-0.15, -0.1) is 0 Å². The summed E-state index contributed by atoms with van der Waals surface area (Å²) < 4.78 is 19.5. The molecule has 2 heterocycles. The van der Waals surface area contributed by atoms with Gasteiger partial charge in [-0.25, -0.2) is 13.8 Å². The average molecular weight is 261 g/mol. The number of anilines is 1. The molecular formula is C9H12FN3O5. The molecule has 0 bridgehead atoms. The number of nitrogens with zero attached hydrogens (tertiary/aromatic N) is 1. The smallest absolute Gasteiger partial charge is 0.332 e. The van der Waals surface area contributed by atoms with Crippen molar-refractivity contribution in [3.63, 3.8) is 0 Å². The number of halogens is 1. The number of ether oxygens (including phenoxy) is 1. The molecule has 0 amide bonds. The Kier molecular flexibility index (Phi) is 3.20. The monoisotopic (exact) mass is 261 g/mol. The topological polar surface area (TPSA) is 131 Å². The zero-order chi connectivity index (χ0) is 13.4. The number of aromatic nitrogens is 2. The first-order valence-corrected chi connectivity index (χ1v) is 5.15. The van der Waals surface area contributed by atoms with E-state index in [4.69, 9.17) is 15.6 Å². The second-order valence-corrected chi connectivity index (χ2v) is 3.92. The zero-order valence-electron chi connectivity index (χ0n) is 9.12. The number of nitrogens with one attached hydrogen (secondary N) is 1. The van der Waals surface area contributed by atoms with Gasteiger partial charge in [0.15, 0.2) is 12.4 Å². The Morgan fingerprint density at radius 2 is 2.22 bits per heavy atom. The van der Waals surface area contributed by atoms with Crippen LogP contribution < -0.4 is 17.0 Å². The highest BCUT2D eigenvalue weighted by Crippen LogP contribution is 2.31. The van der Waals surface area contributed by atoms with Crippen molar-refractivity contribution in [3.05, 3.63) is 26.9 Å². The van der Waals surface area contributed by atoms with Gasteiger partial charge in [0.1, 0.15) is 18.0 Å². The number of hydrogen-bond donors (Lipinski definition) is 4. The zero-order valence-corrected chi connectivity index (χ0v) is 9.12. The SMILES string of the molecule is Nc1cc(=O)[nH]c(=O)n1[C@@H]1O[C@H](CO)[C@@H](O)[C@H]1F. The van der Waals surface area contributed by atoms with E-state index in [9.17, 15) is 19.1 Å². The molecule has 100 valence electrons. The van der Waals surface area contributed by atoms with Crippen LogP contribution in [0.3, 0.4) is 0 Å². The quantitative estimate of drug-likeness (QED) is 0.474. The number of H-pyrrole nitrogens is 1. The summed E-state index contributed by atoms with van der Waals surface area (Å²) in [5, 5.41) is 18.3. The van der Waals surface area contributed by atoms with Crippen molar-refractivity contribution in [1.29, 1.82) is 0 Å². The lowest BCUT2D eigenvalue weighted by atomic mass is 10.1. The summed E-state index contributed by atoms with van der Waals surface area (Å²) in [6.45, 7) is -0.601. The Morgan fingerprint density at radius 1 is 1.56 bits per heavy atom. The maximum Gasteiger partial charge on any atom is 0.332 e. The van der Waals surface area contributed by atoms with Crippen molar-refractivity contribution in [2.45, 2.75) is 24.6 Å². The summed E-state index contributed by atoms with van der Waals surface area (Å²) in [6.07, 6.45) is -6.14. The lowest BCUT2D eigenvalue weighted by Crippen LogP contribution is -2.37. The summed E-state index contributed by atoms with van der Waals surface area (Å²) in [5.41, 5.74) is 3.78. The van der Waals surface area contributed by atoms with E-state index in [1.54, 1.807) is 0 Å². The van der Waals surface area contributed by atoms with Crippen molar-refractivity contribution in [1.82, 2.24) is 9.55 Å². The van der Waals surface area contributed by atoms with E-state index < -0.39 is 42.5 Å². The summed E-state index contributed by atoms with van der Waals surface area (Å²) in [4.78, 5) is 24.4. The molecule has 1 aromatic heterocycles. The number of rotatable bonds is 2. The van der Waals surface area contributed by atoms with E-state index in [-0.39, 0.29) is 5.82 Å². The summed E-state index contributed by atoms with van der Waals surface area (Å²) in [7, 11) is 0. The summed E-state index contributed by atoms with van der Waals surface area (Å²) in [6, 6.07) is 0.899. The molecule has 0 unspecified atom stereocenters. The van der Waals surface area contributed by atoms with Crippen molar-refractivity contribution in [2.24, 2.45) is 0 Å². The van der Waals surface area contributed by atoms with Gasteiger partial charge in [0.25, 0.3) is 5.56 Å². The number of aliphatic hydroxyl groups excluding tert-OH is 2. The van der Waals surface area contributed by atoms with Crippen LogP contribution in [0.2, 0.25) is 0 Å². The van der Waals surface area contributed by atoms with Gasteiger partial charge in [-0.2, -0.15) is 0 Å². The molecule has 2 rings (SSSR count). The molecule has 9 heteroatoms. The van der Waals surface area contributed by atoms with Crippen LogP contribution in [0.1, 0.15) is 6.23 Å². The minimum absolute atomic E-state index is 0.290. The largest absolute Gasteiger partial charge is 0.394 e. The van der Waals surface area contributed by atoms with Gasteiger partial charge in [0, 0.05) is 6.07 Å². The Bertz CT molecular complexity index is 556. The molecule has 1 fully saturated rings. The third-order valence-electron chi connectivity index (χ3n) is 2.73. The molecule has 4 atom stereocenters. The number of alkyl halides is 1. The number of nitrogens with two attached hydrogens (primary N) is 1. The van der Waals surface area contributed by atoms with Crippen LogP contribution in [0.4, 0.5) is 10.2 Å².